The predicted molar refractivity (Wildman–Crippen MR) is 217 cm³/mol. The van der Waals surface area contributed by atoms with Gasteiger partial charge in [-0.3, -0.25) is 4.79 Å². The van der Waals surface area contributed by atoms with Gasteiger partial charge >= 0.3 is 5.97 Å². The second-order valence-electron chi connectivity index (χ2n) is 21.1. The van der Waals surface area contributed by atoms with Crippen molar-refractivity contribution in [3.05, 3.63) is 86.5 Å². The van der Waals surface area contributed by atoms with Crippen molar-refractivity contribution in [2.75, 3.05) is 0 Å². The van der Waals surface area contributed by atoms with Crippen molar-refractivity contribution in [2.45, 2.75) is 182 Å². The molecule has 3 rings (SSSR count). The maximum absolute atomic E-state index is 13.7. The van der Waals surface area contributed by atoms with E-state index in [0.717, 1.165) is 50.1 Å². The normalized spacial score (nSPS) is 14.2. The Hall–Kier alpha value is -3.47. The lowest BCUT2D eigenvalue weighted by molar-refractivity contribution is -0.149. The zero-order valence-corrected chi connectivity index (χ0v) is 36.0. The van der Waals surface area contributed by atoms with Crippen LogP contribution in [0.2, 0.25) is 0 Å². The van der Waals surface area contributed by atoms with Crippen molar-refractivity contribution in [2.24, 2.45) is 0 Å². The summed E-state index contributed by atoms with van der Waals surface area (Å²) in [7, 11) is 0. The third kappa shape index (κ3) is 9.18. The fourth-order valence-electron chi connectivity index (χ4n) is 7.02. The minimum Gasteiger partial charge on any atom is -0.507 e. The molecule has 0 bridgehead atoms. The van der Waals surface area contributed by atoms with E-state index >= 15 is 0 Å². The summed E-state index contributed by atoms with van der Waals surface area (Å²) in [6.45, 7) is 39.5. The molecule has 3 aromatic carbocycles. The number of esters is 1. The summed E-state index contributed by atoms with van der Waals surface area (Å²) in [5, 5.41) is 35.5. The van der Waals surface area contributed by atoms with Crippen LogP contribution in [0.5, 0.6) is 17.2 Å². The molecule has 0 aliphatic heterocycles. The fraction of sp³-hybridized carbons (Fsp3) is 0.596. The molecule has 0 fully saturated rings. The molecule has 3 aromatic rings. The van der Waals surface area contributed by atoms with Crippen molar-refractivity contribution in [3.8, 4) is 17.2 Å². The van der Waals surface area contributed by atoms with Crippen LogP contribution in [0.4, 0.5) is 0 Å². The Kier molecular flexibility index (Phi) is 11.6. The first kappa shape index (κ1) is 42.9. The lowest BCUT2D eigenvalue weighted by atomic mass is 9.71. The summed E-state index contributed by atoms with van der Waals surface area (Å²) in [6.07, 6.45) is -0.628. The molecule has 288 valence electrons. The molecular weight excluding hydrogens is 645 g/mol. The molecular formula is C47H70O5. The average molecular weight is 715 g/mol. The molecule has 0 aromatic heterocycles. The number of rotatable bonds is 6. The average Bonchev–Trinajstić information content (AvgIpc) is 2.94. The monoisotopic (exact) mass is 715 g/mol. The third-order valence-corrected chi connectivity index (χ3v) is 10.1. The minimum atomic E-state index is -0.814. The quantitative estimate of drug-likeness (QED) is 0.221. The molecule has 0 heterocycles. The van der Waals surface area contributed by atoms with Crippen LogP contribution in [0.15, 0.2) is 36.4 Å². The summed E-state index contributed by atoms with van der Waals surface area (Å²) in [5.74, 6) is -0.0857. The van der Waals surface area contributed by atoms with Gasteiger partial charge in [0.2, 0.25) is 0 Å². The molecule has 1 atom stereocenters. The first-order chi connectivity index (χ1) is 23.2. The number of carbonyl (C=O) groups excluding carboxylic acids is 1. The van der Waals surface area contributed by atoms with Crippen LogP contribution in [-0.4, -0.2) is 21.3 Å². The maximum Gasteiger partial charge on any atom is 0.306 e. The van der Waals surface area contributed by atoms with Gasteiger partial charge in [-0.05, 0) is 94.7 Å². The van der Waals surface area contributed by atoms with Gasteiger partial charge in [0.15, 0.2) is 0 Å². The Morgan fingerprint density at radius 3 is 0.865 bits per heavy atom. The Balaban J connectivity index is 2.77. The second-order valence-corrected chi connectivity index (χ2v) is 21.1. The van der Waals surface area contributed by atoms with Crippen LogP contribution in [0.25, 0.3) is 0 Å². The van der Waals surface area contributed by atoms with Gasteiger partial charge in [0.25, 0.3) is 0 Å². The van der Waals surface area contributed by atoms with Crippen LogP contribution in [-0.2, 0) is 42.0 Å². The summed E-state index contributed by atoms with van der Waals surface area (Å²) < 4.78 is 6.65. The van der Waals surface area contributed by atoms with E-state index in [2.05, 4.69) is 149 Å². The van der Waals surface area contributed by atoms with E-state index < -0.39 is 44.5 Å². The highest BCUT2D eigenvalue weighted by Gasteiger charge is 2.38. The fourth-order valence-corrected chi connectivity index (χ4v) is 7.02. The minimum absolute atomic E-state index is 0.186. The largest absolute Gasteiger partial charge is 0.507 e. The highest BCUT2D eigenvalue weighted by Crippen LogP contribution is 2.51. The number of hydrogen-bond acceptors (Lipinski definition) is 5. The first-order valence-corrected chi connectivity index (χ1v) is 19.0. The molecule has 0 radical (unpaired) electrons. The zero-order valence-electron chi connectivity index (χ0n) is 36.0. The van der Waals surface area contributed by atoms with Crippen LogP contribution in [0, 0.1) is 0 Å². The lowest BCUT2D eigenvalue weighted by Crippen LogP contribution is -2.25. The number of aromatic hydroxyl groups is 3. The van der Waals surface area contributed by atoms with Crippen molar-refractivity contribution in [1.82, 2.24) is 0 Å². The van der Waals surface area contributed by atoms with E-state index in [1.54, 1.807) is 6.92 Å². The van der Waals surface area contributed by atoms with Crippen LogP contribution >= 0.6 is 0 Å². The van der Waals surface area contributed by atoms with E-state index in [0.29, 0.717) is 0 Å². The number of carbonyl (C=O) groups is 1. The Bertz CT molecular complexity index is 1600. The van der Waals surface area contributed by atoms with Crippen molar-refractivity contribution in [3.63, 3.8) is 0 Å². The number of benzene rings is 3. The smallest absolute Gasteiger partial charge is 0.306 e. The predicted octanol–water partition coefficient (Wildman–Crippen LogP) is 12.4. The molecule has 0 saturated carbocycles. The van der Waals surface area contributed by atoms with Crippen molar-refractivity contribution in [1.29, 1.82) is 0 Å². The van der Waals surface area contributed by atoms with Gasteiger partial charge in [-0.1, -0.05) is 156 Å². The third-order valence-electron chi connectivity index (χ3n) is 10.1. The SMILES string of the molecule is CCC(=O)OC(c1cc(C(C)(C)C)c(O)c(C(C)(C)C)c1)C(c1cc(C(C)(C)C)c(O)c(C(C)(C)C)c1)c1cc(C(C)(C)C)c(O)c(C(C)(C)C)c1. The molecule has 5 nitrogen and oxygen atoms in total. The van der Waals surface area contributed by atoms with Gasteiger partial charge in [0.05, 0.1) is 5.92 Å². The topological polar surface area (TPSA) is 87.0 Å². The van der Waals surface area contributed by atoms with Gasteiger partial charge < -0.3 is 20.1 Å². The molecule has 3 N–H and O–H groups in total. The molecule has 1 unspecified atom stereocenters. The molecule has 0 spiro atoms. The molecule has 0 amide bonds. The van der Waals surface area contributed by atoms with Gasteiger partial charge in [-0.25, -0.2) is 0 Å². The summed E-state index contributed by atoms with van der Waals surface area (Å²) >= 11 is 0. The maximum atomic E-state index is 13.7. The zero-order chi connectivity index (χ0) is 40.3. The van der Waals surface area contributed by atoms with Crippen LogP contribution in [0.1, 0.15) is 200 Å². The van der Waals surface area contributed by atoms with Gasteiger partial charge in [-0.15, -0.1) is 0 Å². The molecule has 0 aliphatic carbocycles. The van der Waals surface area contributed by atoms with E-state index in [-0.39, 0.29) is 29.6 Å². The van der Waals surface area contributed by atoms with E-state index in [9.17, 15) is 20.1 Å². The van der Waals surface area contributed by atoms with E-state index in [1.165, 1.54) is 0 Å². The lowest BCUT2D eigenvalue weighted by Gasteiger charge is -2.36. The summed E-state index contributed by atoms with van der Waals surface area (Å²) in [6, 6.07) is 12.3. The van der Waals surface area contributed by atoms with Crippen molar-refractivity contribution < 1.29 is 24.9 Å². The molecule has 0 saturated heterocycles. The number of hydrogen-bond donors (Lipinski definition) is 3. The number of ether oxygens (including phenoxy) is 1. The van der Waals surface area contributed by atoms with E-state index in [4.69, 9.17) is 4.74 Å². The Morgan fingerprint density at radius 1 is 0.462 bits per heavy atom. The second kappa shape index (κ2) is 14.1. The number of phenolic OH excluding ortho intramolecular Hbond substituents is 3. The Labute approximate surface area is 316 Å². The molecule has 52 heavy (non-hydrogen) atoms. The highest BCUT2D eigenvalue weighted by atomic mass is 16.5. The van der Waals surface area contributed by atoms with Crippen LogP contribution in [0.3, 0.4) is 0 Å². The standard InChI is InChI=1S/C47H70O5/c1-20-36(48)52-41(29-25-34(46(14,15)16)40(51)35(26-29)47(17,18)19)37(27-21-30(42(2,3)4)38(49)31(22-27)43(5,6)7)28-23-32(44(8,9)10)39(50)33(24-28)45(11,12)13/h21-26,37,41,49-51H,20H2,1-19H3. The summed E-state index contributed by atoms with van der Waals surface area (Å²) in [5.41, 5.74) is 4.93. The molecule has 5 heteroatoms. The van der Waals surface area contributed by atoms with Gasteiger partial charge in [0, 0.05) is 6.42 Å². The Morgan fingerprint density at radius 2 is 0.673 bits per heavy atom. The highest BCUT2D eigenvalue weighted by molar-refractivity contribution is 5.70. The molecule has 0 aliphatic rings. The van der Waals surface area contributed by atoms with E-state index in [1.807, 2.05) is 12.1 Å². The van der Waals surface area contributed by atoms with Crippen LogP contribution < -0.4 is 0 Å². The van der Waals surface area contributed by atoms with Crippen molar-refractivity contribution >= 4 is 5.97 Å². The van der Waals surface area contributed by atoms with Gasteiger partial charge in [0.1, 0.15) is 23.4 Å². The number of phenols is 3. The summed E-state index contributed by atoms with van der Waals surface area (Å²) in [4.78, 5) is 13.7. The first-order valence-electron chi connectivity index (χ1n) is 19.0. The van der Waals surface area contributed by atoms with Gasteiger partial charge in [-0.2, -0.15) is 0 Å².